The number of rotatable bonds is 1. The highest BCUT2D eigenvalue weighted by Crippen LogP contribution is 2.36. The van der Waals surface area contributed by atoms with E-state index in [1.54, 1.807) is 0 Å². The number of hydrogen-bond acceptors (Lipinski definition) is 2. The van der Waals surface area contributed by atoms with Crippen molar-refractivity contribution < 1.29 is 13.2 Å². The molecule has 1 heterocycles. The van der Waals surface area contributed by atoms with Crippen LogP contribution in [-0.2, 0) is 6.18 Å². The Bertz CT molecular complexity index is 548. The molecule has 0 bridgehead atoms. The van der Waals surface area contributed by atoms with Crippen LogP contribution in [0.2, 0.25) is 5.02 Å². The molecule has 7 heteroatoms. The molecule has 0 saturated carbocycles. The van der Waals surface area contributed by atoms with Gasteiger partial charge >= 0.3 is 6.18 Å². The minimum atomic E-state index is -4.46. The molecule has 0 aliphatic heterocycles. The first-order valence-electron chi connectivity index (χ1n) is 4.56. The zero-order valence-corrected chi connectivity index (χ0v) is 9.10. The summed E-state index contributed by atoms with van der Waals surface area (Å²) in [5, 5.41) is 5.92. The predicted octanol–water partition coefficient (Wildman–Crippen LogP) is 3.33. The normalized spacial score (nSPS) is 11.8. The first kappa shape index (κ1) is 11.8. The van der Waals surface area contributed by atoms with E-state index in [2.05, 4.69) is 10.2 Å². The third-order valence-corrected chi connectivity index (χ3v) is 2.50. The molecule has 0 unspecified atom stereocenters. The van der Waals surface area contributed by atoms with Gasteiger partial charge in [0, 0.05) is 11.6 Å². The number of benzene rings is 1. The quantitative estimate of drug-likeness (QED) is 0.827. The molecular formula is C10H7ClF3N3. The standard InChI is InChI=1S/C10H7ClF3N3/c11-7-3-5(8-4-9(15)17-16-8)1-2-6(7)10(12,13)14/h1-4H,(H3,15,16,17). The molecule has 0 spiro atoms. The summed E-state index contributed by atoms with van der Waals surface area (Å²) in [5.41, 5.74) is 5.54. The molecule has 3 N–H and O–H groups in total. The molecule has 90 valence electrons. The largest absolute Gasteiger partial charge is 0.417 e. The van der Waals surface area contributed by atoms with Crippen LogP contribution in [-0.4, -0.2) is 10.2 Å². The van der Waals surface area contributed by atoms with Gasteiger partial charge in [-0.1, -0.05) is 17.7 Å². The fraction of sp³-hybridized carbons (Fsp3) is 0.100. The molecule has 3 nitrogen and oxygen atoms in total. The molecule has 0 amide bonds. The summed E-state index contributed by atoms with van der Waals surface area (Å²) in [4.78, 5) is 0. The average molecular weight is 262 g/mol. The number of anilines is 1. The molecule has 0 fully saturated rings. The van der Waals surface area contributed by atoms with Gasteiger partial charge in [-0.15, -0.1) is 0 Å². The van der Waals surface area contributed by atoms with Crippen LogP contribution in [0.25, 0.3) is 11.3 Å². The summed E-state index contributed by atoms with van der Waals surface area (Å²) in [7, 11) is 0. The lowest BCUT2D eigenvalue weighted by Gasteiger charge is -2.09. The Morgan fingerprint density at radius 3 is 2.41 bits per heavy atom. The maximum atomic E-state index is 12.5. The van der Waals surface area contributed by atoms with E-state index in [0.29, 0.717) is 11.3 Å². The number of nitrogens with two attached hydrogens (primary N) is 1. The highest BCUT2D eigenvalue weighted by Gasteiger charge is 2.33. The number of aromatic amines is 1. The summed E-state index contributed by atoms with van der Waals surface area (Å²) in [6.07, 6.45) is -4.46. The Hall–Kier alpha value is -1.69. The second-order valence-corrected chi connectivity index (χ2v) is 3.81. The Morgan fingerprint density at radius 2 is 1.94 bits per heavy atom. The van der Waals surface area contributed by atoms with Crippen molar-refractivity contribution in [3.05, 3.63) is 34.9 Å². The number of nitrogen functional groups attached to an aromatic ring is 1. The molecule has 0 radical (unpaired) electrons. The fourth-order valence-corrected chi connectivity index (χ4v) is 1.69. The number of hydrogen-bond donors (Lipinski definition) is 2. The summed E-state index contributed by atoms with van der Waals surface area (Å²) in [6, 6.07) is 4.96. The SMILES string of the molecule is Nc1cc(-c2ccc(C(F)(F)F)c(Cl)c2)[nH]n1. The third-order valence-electron chi connectivity index (χ3n) is 2.18. The molecule has 0 atom stereocenters. The van der Waals surface area contributed by atoms with Gasteiger partial charge in [0.1, 0.15) is 5.82 Å². The summed E-state index contributed by atoms with van der Waals surface area (Å²) < 4.78 is 37.4. The number of nitrogens with one attached hydrogen (secondary N) is 1. The van der Waals surface area contributed by atoms with Crippen molar-refractivity contribution in [2.24, 2.45) is 0 Å². The minimum absolute atomic E-state index is 0.260. The zero-order valence-electron chi connectivity index (χ0n) is 8.35. The summed E-state index contributed by atoms with van der Waals surface area (Å²) >= 11 is 5.59. The highest BCUT2D eigenvalue weighted by atomic mass is 35.5. The summed E-state index contributed by atoms with van der Waals surface area (Å²) in [6.45, 7) is 0. The maximum absolute atomic E-state index is 12.5. The molecule has 0 aliphatic carbocycles. The van der Waals surface area contributed by atoms with Gasteiger partial charge in [0.15, 0.2) is 0 Å². The second-order valence-electron chi connectivity index (χ2n) is 3.40. The first-order chi connectivity index (χ1) is 7.88. The van der Waals surface area contributed by atoms with Gasteiger partial charge in [-0.25, -0.2) is 0 Å². The van der Waals surface area contributed by atoms with Crippen LogP contribution < -0.4 is 5.73 Å². The Morgan fingerprint density at radius 1 is 1.24 bits per heavy atom. The zero-order chi connectivity index (χ0) is 12.6. The molecule has 1 aromatic carbocycles. The molecule has 17 heavy (non-hydrogen) atoms. The molecule has 0 saturated heterocycles. The van der Waals surface area contributed by atoms with Crippen molar-refractivity contribution in [1.82, 2.24) is 10.2 Å². The van der Waals surface area contributed by atoms with E-state index >= 15 is 0 Å². The van der Waals surface area contributed by atoms with Crippen LogP contribution in [0.1, 0.15) is 5.56 Å². The van der Waals surface area contributed by atoms with Crippen molar-refractivity contribution in [2.75, 3.05) is 5.73 Å². The number of H-pyrrole nitrogens is 1. The van der Waals surface area contributed by atoms with Crippen molar-refractivity contribution in [3.63, 3.8) is 0 Å². The number of nitrogens with zero attached hydrogens (tertiary/aromatic N) is 1. The topological polar surface area (TPSA) is 54.7 Å². The van der Waals surface area contributed by atoms with Crippen LogP contribution in [0.4, 0.5) is 19.0 Å². The Balaban J connectivity index is 2.44. The lowest BCUT2D eigenvalue weighted by atomic mass is 10.1. The van der Waals surface area contributed by atoms with E-state index in [9.17, 15) is 13.2 Å². The second kappa shape index (κ2) is 3.96. The van der Waals surface area contributed by atoms with E-state index in [1.807, 2.05) is 0 Å². The monoisotopic (exact) mass is 261 g/mol. The lowest BCUT2D eigenvalue weighted by molar-refractivity contribution is -0.137. The van der Waals surface area contributed by atoms with Crippen molar-refractivity contribution in [2.45, 2.75) is 6.18 Å². The van der Waals surface area contributed by atoms with Crippen LogP contribution in [0, 0.1) is 0 Å². The van der Waals surface area contributed by atoms with Gasteiger partial charge in [0.25, 0.3) is 0 Å². The number of alkyl halides is 3. The van der Waals surface area contributed by atoms with Gasteiger partial charge in [-0.05, 0) is 12.1 Å². The van der Waals surface area contributed by atoms with Gasteiger partial charge in [-0.2, -0.15) is 18.3 Å². The van der Waals surface area contributed by atoms with Crippen LogP contribution >= 0.6 is 11.6 Å². The number of halogens is 4. The van der Waals surface area contributed by atoms with Crippen molar-refractivity contribution >= 4 is 17.4 Å². The van der Waals surface area contributed by atoms with Crippen LogP contribution in [0.5, 0.6) is 0 Å². The van der Waals surface area contributed by atoms with E-state index in [-0.39, 0.29) is 10.8 Å². The smallest absolute Gasteiger partial charge is 0.382 e. The van der Waals surface area contributed by atoms with E-state index < -0.39 is 11.7 Å². The van der Waals surface area contributed by atoms with Crippen LogP contribution in [0.15, 0.2) is 24.3 Å². The maximum Gasteiger partial charge on any atom is 0.417 e. The third kappa shape index (κ3) is 2.36. The molecule has 1 aromatic heterocycles. The van der Waals surface area contributed by atoms with Crippen LogP contribution in [0.3, 0.4) is 0 Å². The molecule has 0 aliphatic rings. The van der Waals surface area contributed by atoms with E-state index in [0.717, 1.165) is 6.07 Å². The van der Waals surface area contributed by atoms with Gasteiger partial charge in [0.05, 0.1) is 16.3 Å². The van der Waals surface area contributed by atoms with Crippen molar-refractivity contribution in [3.8, 4) is 11.3 Å². The number of aromatic nitrogens is 2. The average Bonchev–Trinajstić information content (AvgIpc) is 2.62. The fourth-order valence-electron chi connectivity index (χ4n) is 1.40. The predicted molar refractivity (Wildman–Crippen MR) is 58.4 cm³/mol. The van der Waals surface area contributed by atoms with Crippen molar-refractivity contribution in [1.29, 1.82) is 0 Å². The Kier molecular flexibility index (Phi) is 2.74. The lowest BCUT2D eigenvalue weighted by Crippen LogP contribution is -2.05. The molecule has 2 aromatic rings. The highest BCUT2D eigenvalue weighted by molar-refractivity contribution is 6.31. The first-order valence-corrected chi connectivity index (χ1v) is 4.94. The van der Waals surface area contributed by atoms with E-state index in [1.165, 1.54) is 18.2 Å². The summed E-state index contributed by atoms with van der Waals surface area (Å²) in [5.74, 6) is 0.260. The van der Waals surface area contributed by atoms with Gasteiger partial charge in [-0.3, -0.25) is 5.10 Å². The Labute approximate surface area is 99.4 Å². The molecule has 2 rings (SSSR count). The minimum Gasteiger partial charge on any atom is -0.382 e. The van der Waals surface area contributed by atoms with Gasteiger partial charge < -0.3 is 5.73 Å². The van der Waals surface area contributed by atoms with Gasteiger partial charge in [0.2, 0.25) is 0 Å². The van der Waals surface area contributed by atoms with E-state index in [4.69, 9.17) is 17.3 Å². The molecular weight excluding hydrogens is 255 g/mol.